The Balaban J connectivity index is 0.000000372. The number of methoxy groups -OCH3 is 2. The van der Waals surface area contributed by atoms with E-state index < -0.39 is 0 Å². The van der Waals surface area contributed by atoms with E-state index in [1.165, 1.54) is 30.4 Å². The van der Waals surface area contributed by atoms with Crippen LogP contribution in [0.5, 0.6) is 17.2 Å². The molecule has 4 rings (SSSR count). The van der Waals surface area contributed by atoms with E-state index in [0.29, 0.717) is 32.1 Å². The van der Waals surface area contributed by atoms with E-state index in [9.17, 15) is 9.50 Å². The van der Waals surface area contributed by atoms with Gasteiger partial charge in [-0.05, 0) is 92.7 Å². The Hall–Kier alpha value is -3.73. The number of likely N-dealkylation sites (N-methyl/N-ethyl adjacent to an activating group) is 1. The van der Waals surface area contributed by atoms with Crippen LogP contribution in [0.3, 0.4) is 0 Å². The van der Waals surface area contributed by atoms with Gasteiger partial charge in [0.1, 0.15) is 18.1 Å². The monoisotopic (exact) mass is 564 g/mol. The van der Waals surface area contributed by atoms with E-state index >= 15 is 0 Å². The zero-order valence-corrected chi connectivity index (χ0v) is 24.9. The molecule has 41 heavy (non-hydrogen) atoms. The van der Waals surface area contributed by atoms with E-state index in [4.69, 9.17) is 14.2 Å². The highest BCUT2D eigenvalue weighted by Crippen LogP contribution is 2.25. The fourth-order valence-corrected chi connectivity index (χ4v) is 4.56. The molecule has 0 unspecified atom stereocenters. The zero-order chi connectivity index (χ0) is 30.0. The lowest BCUT2D eigenvalue weighted by Gasteiger charge is -2.24. The summed E-state index contributed by atoms with van der Waals surface area (Å²) in [5.41, 5.74) is 4.71. The molecule has 0 saturated heterocycles. The lowest BCUT2D eigenvalue weighted by molar-refractivity contribution is 0.149. The highest BCUT2D eigenvalue weighted by molar-refractivity contribution is 5.51. The van der Waals surface area contributed by atoms with Crippen LogP contribution in [0.4, 0.5) is 10.1 Å². The number of benzene rings is 3. The van der Waals surface area contributed by atoms with E-state index in [0.717, 1.165) is 36.5 Å². The van der Waals surface area contributed by atoms with Crippen LogP contribution in [0.25, 0.3) is 0 Å². The number of halogens is 1. The second-order valence-corrected chi connectivity index (χ2v) is 9.79. The normalized spacial score (nSPS) is 11.8. The van der Waals surface area contributed by atoms with Gasteiger partial charge < -0.3 is 29.1 Å². The number of anilines is 1. The standard InChI is InChI=1S/C22H31FN2O3.C10H12O.C2H2/c1-5-25(19-7-6-8-20(16-19)27-4)17-18-9-10-22(21(23)15-18)28-14-12-24(2)11-13-26-3;11-10-6-5-8-3-1-2-4-9(8)7-10;1-2/h6-10,15-16H,5,11-14,17H2,1-4H3;5-7,11H,1-4H2;1-2H. The van der Waals surface area contributed by atoms with Crippen molar-refractivity contribution in [2.24, 2.45) is 0 Å². The number of ether oxygens (including phenoxy) is 3. The van der Waals surface area contributed by atoms with Crippen molar-refractivity contribution in [3.05, 3.63) is 83.2 Å². The van der Waals surface area contributed by atoms with Gasteiger partial charge in [-0.2, -0.15) is 0 Å². The molecule has 6 nitrogen and oxygen atoms in total. The molecule has 0 heterocycles. The maximum Gasteiger partial charge on any atom is 0.165 e. The number of aryl methyl sites for hydroxylation is 2. The Morgan fingerprint density at radius 3 is 2.32 bits per heavy atom. The molecule has 0 spiro atoms. The van der Waals surface area contributed by atoms with Crippen LogP contribution >= 0.6 is 0 Å². The third-order valence-electron chi connectivity index (χ3n) is 6.91. The molecule has 1 aliphatic carbocycles. The van der Waals surface area contributed by atoms with Crippen LogP contribution < -0.4 is 14.4 Å². The first-order valence-electron chi connectivity index (χ1n) is 14.0. The number of aromatic hydroxyl groups is 1. The molecule has 0 amide bonds. The molecule has 0 bridgehead atoms. The molecule has 0 saturated carbocycles. The number of terminal acetylenes is 1. The molecule has 1 N–H and O–H groups in total. The van der Waals surface area contributed by atoms with Crippen molar-refractivity contribution < 1.29 is 23.7 Å². The summed E-state index contributed by atoms with van der Waals surface area (Å²) >= 11 is 0. The Kier molecular flexibility index (Phi) is 15.2. The molecule has 0 atom stereocenters. The third kappa shape index (κ3) is 11.3. The average molecular weight is 565 g/mol. The minimum absolute atomic E-state index is 0.285. The van der Waals surface area contributed by atoms with Crippen LogP contribution in [0.15, 0.2) is 60.7 Å². The van der Waals surface area contributed by atoms with Gasteiger partial charge in [0.2, 0.25) is 0 Å². The number of hydrogen-bond donors (Lipinski definition) is 1. The topological polar surface area (TPSA) is 54.4 Å². The summed E-state index contributed by atoms with van der Waals surface area (Å²) in [7, 11) is 5.31. The minimum atomic E-state index is -0.335. The van der Waals surface area contributed by atoms with Crippen molar-refractivity contribution in [1.82, 2.24) is 4.90 Å². The van der Waals surface area contributed by atoms with Crippen molar-refractivity contribution in [2.45, 2.75) is 39.2 Å². The lowest BCUT2D eigenvalue weighted by atomic mass is 9.92. The first kappa shape index (κ1) is 33.5. The SMILES string of the molecule is C#C.CCN(Cc1ccc(OCCN(C)CCOC)c(F)c1)c1cccc(OC)c1.Oc1ccc2c(c1)CCCC2. The summed E-state index contributed by atoms with van der Waals surface area (Å²) in [5, 5.41) is 9.19. The molecule has 0 fully saturated rings. The number of fused-ring (bicyclic) bond motifs is 1. The Bertz CT molecular complexity index is 1200. The maximum atomic E-state index is 14.5. The smallest absolute Gasteiger partial charge is 0.165 e. The highest BCUT2D eigenvalue weighted by Gasteiger charge is 2.11. The molecular weight excluding hydrogens is 519 g/mol. The van der Waals surface area contributed by atoms with Gasteiger partial charge in [0.15, 0.2) is 11.6 Å². The van der Waals surface area contributed by atoms with E-state index in [1.54, 1.807) is 32.4 Å². The van der Waals surface area contributed by atoms with Crippen molar-refractivity contribution in [3.8, 4) is 30.1 Å². The molecular formula is C34H45FN2O4. The van der Waals surface area contributed by atoms with Gasteiger partial charge in [0.25, 0.3) is 0 Å². The Morgan fingerprint density at radius 1 is 0.902 bits per heavy atom. The van der Waals surface area contributed by atoms with Crippen molar-refractivity contribution >= 4 is 5.69 Å². The number of phenolic OH excluding ortho intramolecular Hbond substituents is 1. The van der Waals surface area contributed by atoms with E-state index in [1.807, 2.05) is 49.5 Å². The van der Waals surface area contributed by atoms with Crippen LogP contribution in [0, 0.1) is 18.7 Å². The third-order valence-corrected chi connectivity index (χ3v) is 6.91. The van der Waals surface area contributed by atoms with E-state index in [2.05, 4.69) is 29.6 Å². The van der Waals surface area contributed by atoms with Crippen molar-refractivity contribution in [3.63, 3.8) is 0 Å². The highest BCUT2D eigenvalue weighted by atomic mass is 19.1. The summed E-state index contributed by atoms with van der Waals surface area (Å²) in [5.74, 6) is 1.17. The van der Waals surface area contributed by atoms with Crippen molar-refractivity contribution in [1.29, 1.82) is 0 Å². The fraction of sp³-hybridized carbons (Fsp3) is 0.412. The molecule has 7 heteroatoms. The van der Waals surface area contributed by atoms with Crippen LogP contribution in [0.2, 0.25) is 0 Å². The number of hydrogen-bond acceptors (Lipinski definition) is 6. The summed E-state index contributed by atoms with van der Waals surface area (Å²) in [6.45, 7) is 6.12. The van der Waals surface area contributed by atoms with Crippen LogP contribution in [-0.2, 0) is 24.1 Å². The van der Waals surface area contributed by atoms with Gasteiger partial charge in [0.05, 0.1) is 13.7 Å². The zero-order valence-electron chi connectivity index (χ0n) is 24.9. The first-order chi connectivity index (χ1) is 19.9. The molecule has 0 radical (unpaired) electrons. The van der Waals surface area contributed by atoms with Gasteiger partial charge in [-0.15, -0.1) is 12.8 Å². The number of nitrogens with zero attached hydrogens (tertiary/aromatic N) is 2. The number of phenols is 1. The maximum absolute atomic E-state index is 14.5. The molecule has 3 aromatic carbocycles. The Morgan fingerprint density at radius 2 is 1.63 bits per heavy atom. The average Bonchev–Trinajstić information content (AvgIpc) is 3.01. The van der Waals surface area contributed by atoms with Gasteiger partial charge in [0, 0.05) is 45.0 Å². The summed E-state index contributed by atoms with van der Waals surface area (Å²) in [6.07, 6.45) is 12.9. The summed E-state index contributed by atoms with van der Waals surface area (Å²) in [4.78, 5) is 4.26. The quantitative estimate of drug-likeness (QED) is 0.259. The summed E-state index contributed by atoms with van der Waals surface area (Å²) in [6, 6.07) is 18.8. The molecule has 0 aromatic heterocycles. The molecule has 222 valence electrons. The van der Waals surface area contributed by atoms with E-state index in [-0.39, 0.29) is 11.6 Å². The predicted octanol–water partition coefficient (Wildman–Crippen LogP) is 6.34. The largest absolute Gasteiger partial charge is 0.508 e. The van der Waals surface area contributed by atoms with Gasteiger partial charge in [-0.25, -0.2) is 4.39 Å². The first-order valence-corrected chi connectivity index (χ1v) is 14.0. The van der Waals surface area contributed by atoms with Crippen LogP contribution in [-0.4, -0.2) is 64.1 Å². The van der Waals surface area contributed by atoms with Crippen LogP contribution in [0.1, 0.15) is 36.5 Å². The molecule has 3 aromatic rings. The Labute approximate surface area is 245 Å². The van der Waals surface area contributed by atoms with Gasteiger partial charge in [-0.1, -0.05) is 18.2 Å². The lowest BCUT2D eigenvalue weighted by Crippen LogP contribution is -2.27. The predicted molar refractivity (Wildman–Crippen MR) is 166 cm³/mol. The van der Waals surface area contributed by atoms with Gasteiger partial charge in [-0.3, -0.25) is 0 Å². The second kappa shape index (κ2) is 18.6. The van der Waals surface area contributed by atoms with Gasteiger partial charge >= 0.3 is 0 Å². The minimum Gasteiger partial charge on any atom is -0.508 e. The second-order valence-electron chi connectivity index (χ2n) is 9.79. The van der Waals surface area contributed by atoms with Crippen molar-refractivity contribution in [2.75, 3.05) is 59.0 Å². The number of rotatable bonds is 12. The fourth-order valence-electron chi connectivity index (χ4n) is 4.56. The molecule has 0 aliphatic heterocycles. The summed E-state index contributed by atoms with van der Waals surface area (Å²) < 4.78 is 30.4. The molecule has 1 aliphatic rings.